The Morgan fingerprint density at radius 3 is 1.91 bits per heavy atom. The summed E-state index contributed by atoms with van der Waals surface area (Å²) < 4.78 is 11.0. The molecule has 0 aliphatic carbocycles. The maximum Gasteiger partial charge on any atom is 0.338 e. The number of esters is 1. The summed E-state index contributed by atoms with van der Waals surface area (Å²) in [5.74, 6) is 0.323. The quantitative estimate of drug-likeness (QED) is 0.194. The molecule has 0 radical (unpaired) electrons. The van der Waals surface area contributed by atoms with Gasteiger partial charge in [0.2, 0.25) is 0 Å². The van der Waals surface area contributed by atoms with Gasteiger partial charge in [-0.2, -0.15) is 0 Å². The molecule has 0 amide bonds. The van der Waals surface area contributed by atoms with Crippen molar-refractivity contribution in [1.29, 1.82) is 0 Å². The Labute approximate surface area is 188 Å². The lowest BCUT2D eigenvalue weighted by Crippen LogP contribution is -2.08. The molecule has 3 rings (SSSR count). The topological polar surface area (TPSA) is 105 Å². The minimum absolute atomic E-state index is 0.00273. The standard InChI is InChI=1S/C26H28N2O4/c27-22-16-21(17-23(28)18-22)26(30)32-15-7-2-1-6-14-31-24-12-10-20(11-13-24)25(29)19-8-4-3-5-9-19/h3-5,8-13,16-18H,1-2,6-7,14-15,27-28H2. The molecule has 166 valence electrons. The van der Waals surface area contributed by atoms with Crippen molar-refractivity contribution in [2.75, 3.05) is 24.7 Å². The molecule has 0 atom stereocenters. The summed E-state index contributed by atoms with van der Waals surface area (Å²) in [5, 5.41) is 0. The van der Waals surface area contributed by atoms with Crippen molar-refractivity contribution < 1.29 is 19.1 Å². The first kappa shape index (κ1) is 22.9. The van der Waals surface area contributed by atoms with Crippen LogP contribution < -0.4 is 16.2 Å². The molecule has 0 unspecified atom stereocenters. The number of anilines is 2. The van der Waals surface area contributed by atoms with Crippen LogP contribution in [-0.2, 0) is 4.74 Å². The van der Waals surface area contributed by atoms with E-state index in [9.17, 15) is 9.59 Å². The second kappa shape index (κ2) is 11.6. The number of carbonyl (C=O) groups excluding carboxylic acids is 2. The largest absolute Gasteiger partial charge is 0.494 e. The second-order valence-electron chi connectivity index (χ2n) is 7.51. The fourth-order valence-electron chi connectivity index (χ4n) is 3.25. The van der Waals surface area contributed by atoms with E-state index in [2.05, 4.69) is 0 Å². The van der Waals surface area contributed by atoms with E-state index in [1.54, 1.807) is 42.5 Å². The van der Waals surface area contributed by atoms with Crippen LogP contribution in [0.4, 0.5) is 11.4 Å². The molecule has 3 aromatic rings. The minimum Gasteiger partial charge on any atom is -0.494 e. The van der Waals surface area contributed by atoms with Crippen LogP contribution in [-0.4, -0.2) is 25.0 Å². The number of benzene rings is 3. The van der Waals surface area contributed by atoms with Gasteiger partial charge in [0, 0.05) is 22.5 Å². The van der Waals surface area contributed by atoms with Crippen molar-refractivity contribution in [2.45, 2.75) is 25.7 Å². The molecular formula is C26H28N2O4. The fraction of sp³-hybridized carbons (Fsp3) is 0.231. The maximum atomic E-state index is 12.4. The molecule has 0 fully saturated rings. The van der Waals surface area contributed by atoms with Crippen LogP contribution in [0.25, 0.3) is 0 Å². The highest BCUT2D eigenvalue weighted by molar-refractivity contribution is 6.09. The summed E-state index contributed by atoms with van der Waals surface area (Å²) in [6.45, 7) is 0.944. The number of ether oxygens (including phenoxy) is 2. The molecule has 0 heterocycles. The molecule has 0 aliphatic heterocycles. The summed E-state index contributed by atoms with van der Waals surface area (Å²) in [5.41, 5.74) is 13.9. The summed E-state index contributed by atoms with van der Waals surface area (Å²) in [6.07, 6.45) is 3.57. The highest BCUT2D eigenvalue weighted by Crippen LogP contribution is 2.17. The number of hydrogen-bond acceptors (Lipinski definition) is 6. The summed E-state index contributed by atoms with van der Waals surface area (Å²) in [7, 11) is 0. The Morgan fingerprint density at radius 2 is 1.25 bits per heavy atom. The van der Waals surface area contributed by atoms with E-state index in [1.807, 2.05) is 30.3 Å². The van der Waals surface area contributed by atoms with Gasteiger partial charge >= 0.3 is 5.97 Å². The Morgan fingerprint density at radius 1 is 0.656 bits per heavy atom. The number of nitrogens with two attached hydrogens (primary N) is 2. The fourth-order valence-corrected chi connectivity index (χ4v) is 3.25. The van der Waals surface area contributed by atoms with Crippen molar-refractivity contribution >= 4 is 23.1 Å². The first-order valence-corrected chi connectivity index (χ1v) is 10.7. The van der Waals surface area contributed by atoms with E-state index < -0.39 is 5.97 Å². The van der Waals surface area contributed by atoms with Gasteiger partial charge < -0.3 is 20.9 Å². The normalized spacial score (nSPS) is 10.5. The van der Waals surface area contributed by atoms with E-state index in [0.717, 1.165) is 31.4 Å². The highest BCUT2D eigenvalue weighted by Gasteiger charge is 2.09. The number of unbranched alkanes of at least 4 members (excludes halogenated alkanes) is 3. The molecule has 3 aromatic carbocycles. The van der Waals surface area contributed by atoms with Gasteiger partial charge in [0.05, 0.1) is 18.8 Å². The van der Waals surface area contributed by atoms with Crippen molar-refractivity contribution in [1.82, 2.24) is 0 Å². The molecular weight excluding hydrogens is 404 g/mol. The zero-order valence-corrected chi connectivity index (χ0v) is 18.0. The van der Waals surface area contributed by atoms with Gasteiger partial charge in [0.1, 0.15) is 5.75 Å². The molecule has 0 aromatic heterocycles. The maximum absolute atomic E-state index is 12.4. The molecule has 0 bridgehead atoms. The van der Waals surface area contributed by atoms with Crippen LogP contribution >= 0.6 is 0 Å². The Balaban J connectivity index is 1.29. The van der Waals surface area contributed by atoms with Crippen LogP contribution in [0.2, 0.25) is 0 Å². The minimum atomic E-state index is -0.415. The average molecular weight is 433 g/mol. The van der Waals surface area contributed by atoms with Gasteiger partial charge in [-0.05, 0) is 68.1 Å². The lowest BCUT2D eigenvalue weighted by atomic mass is 10.0. The molecule has 0 saturated carbocycles. The van der Waals surface area contributed by atoms with E-state index >= 15 is 0 Å². The first-order valence-electron chi connectivity index (χ1n) is 10.7. The number of rotatable bonds is 11. The predicted octanol–water partition coefficient (Wildman–Crippen LogP) is 4.88. The average Bonchev–Trinajstić information content (AvgIpc) is 2.80. The molecule has 32 heavy (non-hydrogen) atoms. The van der Waals surface area contributed by atoms with E-state index in [-0.39, 0.29) is 5.78 Å². The number of ketones is 1. The molecule has 6 heteroatoms. The van der Waals surface area contributed by atoms with Crippen molar-refractivity contribution in [2.24, 2.45) is 0 Å². The number of carbonyl (C=O) groups is 2. The summed E-state index contributed by atoms with van der Waals surface area (Å²) in [4.78, 5) is 24.4. The predicted molar refractivity (Wildman–Crippen MR) is 126 cm³/mol. The van der Waals surface area contributed by atoms with Gasteiger partial charge in [0.25, 0.3) is 0 Å². The molecule has 0 aliphatic rings. The van der Waals surface area contributed by atoms with Crippen LogP contribution in [0.15, 0.2) is 72.8 Å². The Hall–Kier alpha value is -3.80. The number of nitrogen functional groups attached to an aromatic ring is 2. The third kappa shape index (κ3) is 6.87. The molecule has 4 N–H and O–H groups in total. The zero-order valence-electron chi connectivity index (χ0n) is 18.0. The monoisotopic (exact) mass is 432 g/mol. The summed E-state index contributed by atoms with van der Waals surface area (Å²) >= 11 is 0. The van der Waals surface area contributed by atoms with Crippen molar-refractivity contribution in [3.05, 3.63) is 89.5 Å². The van der Waals surface area contributed by atoms with Gasteiger partial charge in [-0.15, -0.1) is 0 Å². The smallest absolute Gasteiger partial charge is 0.338 e. The molecule has 0 saturated heterocycles. The van der Waals surface area contributed by atoms with Crippen LogP contribution in [0.5, 0.6) is 5.75 Å². The van der Waals surface area contributed by atoms with Crippen molar-refractivity contribution in [3.8, 4) is 5.75 Å². The third-order valence-electron chi connectivity index (χ3n) is 4.91. The second-order valence-corrected chi connectivity index (χ2v) is 7.51. The van der Waals surface area contributed by atoms with E-state index in [1.165, 1.54) is 0 Å². The van der Waals surface area contributed by atoms with Crippen LogP contribution in [0, 0.1) is 0 Å². The van der Waals surface area contributed by atoms with E-state index in [4.69, 9.17) is 20.9 Å². The van der Waals surface area contributed by atoms with Crippen molar-refractivity contribution in [3.63, 3.8) is 0 Å². The van der Waals surface area contributed by atoms with Gasteiger partial charge in [-0.1, -0.05) is 30.3 Å². The molecule has 0 spiro atoms. The Bertz CT molecular complexity index is 1010. The lowest BCUT2D eigenvalue weighted by Gasteiger charge is -2.08. The highest BCUT2D eigenvalue weighted by atomic mass is 16.5. The van der Waals surface area contributed by atoms with Gasteiger partial charge in [-0.3, -0.25) is 4.79 Å². The lowest BCUT2D eigenvalue weighted by molar-refractivity contribution is 0.0497. The van der Waals surface area contributed by atoms with Gasteiger partial charge in [-0.25, -0.2) is 4.79 Å². The van der Waals surface area contributed by atoms with E-state index in [0.29, 0.717) is 41.3 Å². The first-order chi connectivity index (χ1) is 15.5. The van der Waals surface area contributed by atoms with Gasteiger partial charge in [0.15, 0.2) is 5.78 Å². The Kier molecular flexibility index (Phi) is 8.26. The third-order valence-corrected chi connectivity index (χ3v) is 4.91. The van der Waals surface area contributed by atoms with Crippen LogP contribution in [0.1, 0.15) is 52.0 Å². The summed E-state index contributed by atoms with van der Waals surface area (Å²) in [6, 6.07) is 21.1. The molecule has 6 nitrogen and oxygen atoms in total. The van der Waals surface area contributed by atoms with Crippen LogP contribution in [0.3, 0.4) is 0 Å². The zero-order chi connectivity index (χ0) is 22.8. The SMILES string of the molecule is Nc1cc(N)cc(C(=O)OCCCCCCOc2ccc(C(=O)c3ccccc3)cc2)c1. The number of hydrogen-bond donors (Lipinski definition) is 2.